The molecule has 0 saturated heterocycles. The van der Waals surface area contributed by atoms with E-state index in [0.29, 0.717) is 11.3 Å². The Balaban J connectivity index is 2.78. The molecule has 79 valence electrons. The van der Waals surface area contributed by atoms with Crippen LogP contribution in [0.4, 0.5) is 5.69 Å². The van der Waals surface area contributed by atoms with Crippen molar-refractivity contribution in [3.63, 3.8) is 0 Å². The Kier molecular flexibility index (Phi) is 2.55. The number of amides is 2. The molecular weight excluding hydrogens is 204 g/mol. The van der Waals surface area contributed by atoms with Crippen LogP contribution in [0.25, 0.3) is 10.8 Å². The van der Waals surface area contributed by atoms with Gasteiger partial charge in [0, 0.05) is 0 Å². The Hall–Kier alpha value is -2.36. The number of nitrogens with one attached hydrogen (secondary N) is 1. The molecule has 0 aromatic heterocycles. The van der Waals surface area contributed by atoms with Gasteiger partial charge >= 0.3 is 6.41 Å². The van der Waals surface area contributed by atoms with Gasteiger partial charge in [0.25, 0.3) is 5.91 Å². The average molecular weight is 213 g/mol. The third kappa shape index (κ3) is 1.61. The largest absolute Gasteiger partial charge is 0.366 e. The summed E-state index contributed by atoms with van der Waals surface area (Å²) in [7, 11) is 0. The number of hydrogen-bond acceptors (Lipinski definition) is 2. The van der Waals surface area contributed by atoms with Gasteiger partial charge in [0.15, 0.2) is 0 Å². The van der Waals surface area contributed by atoms with Crippen molar-refractivity contribution in [3.8, 4) is 0 Å². The van der Waals surface area contributed by atoms with E-state index in [1.807, 2.05) is 18.2 Å². The molecular formula is C12H9N2O2. The van der Waals surface area contributed by atoms with Crippen molar-refractivity contribution < 1.29 is 9.59 Å². The van der Waals surface area contributed by atoms with Crippen molar-refractivity contribution in [1.82, 2.24) is 0 Å². The van der Waals surface area contributed by atoms with Crippen LogP contribution >= 0.6 is 0 Å². The monoisotopic (exact) mass is 213 g/mol. The van der Waals surface area contributed by atoms with Gasteiger partial charge in [-0.25, -0.2) is 0 Å². The van der Waals surface area contributed by atoms with E-state index >= 15 is 0 Å². The maximum atomic E-state index is 11.4. The molecule has 0 fully saturated rings. The van der Waals surface area contributed by atoms with Crippen LogP contribution in [0.3, 0.4) is 0 Å². The van der Waals surface area contributed by atoms with Crippen LogP contribution in [0.2, 0.25) is 0 Å². The molecule has 0 heterocycles. The van der Waals surface area contributed by atoms with Crippen molar-refractivity contribution >= 4 is 28.8 Å². The second-order valence-electron chi connectivity index (χ2n) is 3.30. The molecule has 0 unspecified atom stereocenters. The van der Waals surface area contributed by atoms with Crippen molar-refractivity contribution in [2.24, 2.45) is 5.73 Å². The van der Waals surface area contributed by atoms with Crippen molar-refractivity contribution in [2.45, 2.75) is 0 Å². The van der Waals surface area contributed by atoms with Gasteiger partial charge < -0.3 is 11.1 Å². The number of primary amides is 1. The molecule has 0 aliphatic heterocycles. The van der Waals surface area contributed by atoms with Gasteiger partial charge in [0.05, 0.1) is 11.3 Å². The number of nitrogens with two attached hydrogens (primary N) is 1. The molecule has 2 rings (SSSR count). The van der Waals surface area contributed by atoms with E-state index < -0.39 is 5.91 Å². The molecule has 0 bridgehead atoms. The van der Waals surface area contributed by atoms with E-state index in [2.05, 4.69) is 5.32 Å². The Morgan fingerprint density at radius 3 is 2.62 bits per heavy atom. The van der Waals surface area contributed by atoms with Crippen LogP contribution in [0.1, 0.15) is 10.4 Å². The lowest BCUT2D eigenvalue weighted by Gasteiger charge is -2.08. The molecule has 0 atom stereocenters. The molecule has 2 amide bonds. The lowest BCUT2D eigenvalue weighted by atomic mass is 10.0. The molecule has 0 spiro atoms. The van der Waals surface area contributed by atoms with E-state index in [1.165, 1.54) is 6.41 Å². The van der Waals surface area contributed by atoms with Crippen molar-refractivity contribution in [1.29, 1.82) is 0 Å². The first kappa shape index (κ1) is 10.2. The number of carbonyl (C=O) groups is 1. The van der Waals surface area contributed by atoms with Gasteiger partial charge in [-0.1, -0.05) is 30.3 Å². The first-order valence-corrected chi connectivity index (χ1v) is 4.68. The van der Waals surface area contributed by atoms with Crippen molar-refractivity contribution in [3.05, 3.63) is 42.0 Å². The zero-order valence-corrected chi connectivity index (χ0v) is 8.36. The predicted molar refractivity (Wildman–Crippen MR) is 61.8 cm³/mol. The van der Waals surface area contributed by atoms with Gasteiger partial charge in [-0.15, -0.1) is 0 Å². The topological polar surface area (TPSA) is 72.2 Å². The SMILES string of the molecule is NC(=O)c1c(N[C]=O)ccc2ccccc12. The lowest BCUT2D eigenvalue weighted by molar-refractivity contribution is 0.100. The summed E-state index contributed by atoms with van der Waals surface area (Å²) in [6, 6.07) is 10.8. The zero-order valence-electron chi connectivity index (χ0n) is 8.36. The average Bonchev–Trinajstić information content (AvgIpc) is 2.28. The molecule has 0 saturated carbocycles. The summed E-state index contributed by atoms with van der Waals surface area (Å²) in [6.45, 7) is 0. The highest BCUT2D eigenvalue weighted by Gasteiger charge is 2.11. The highest BCUT2D eigenvalue weighted by Crippen LogP contribution is 2.25. The van der Waals surface area contributed by atoms with Crippen LogP contribution in [-0.2, 0) is 4.79 Å². The number of anilines is 1. The third-order valence-electron chi connectivity index (χ3n) is 2.36. The Morgan fingerprint density at radius 2 is 1.94 bits per heavy atom. The highest BCUT2D eigenvalue weighted by atomic mass is 16.1. The highest BCUT2D eigenvalue weighted by molar-refractivity contribution is 6.12. The molecule has 2 aromatic carbocycles. The summed E-state index contributed by atoms with van der Waals surface area (Å²) in [4.78, 5) is 21.7. The van der Waals surface area contributed by atoms with Gasteiger partial charge in [-0.3, -0.25) is 9.59 Å². The first-order valence-electron chi connectivity index (χ1n) is 4.68. The van der Waals surface area contributed by atoms with E-state index in [9.17, 15) is 9.59 Å². The van der Waals surface area contributed by atoms with Gasteiger partial charge in [-0.05, 0) is 16.8 Å². The molecule has 3 N–H and O–H groups in total. The van der Waals surface area contributed by atoms with Crippen LogP contribution in [0.15, 0.2) is 36.4 Å². The minimum atomic E-state index is -0.574. The normalized spacial score (nSPS) is 10.0. The Morgan fingerprint density at radius 1 is 1.19 bits per heavy atom. The number of fused-ring (bicyclic) bond motifs is 1. The van der Waals surface area contributed by atoms with Crippen LogP contribution in [-0.4, -0.2) is 12.3 Å². The predicted octanol–water partition coefficient (Wildman–Crippen LogP) is 1.42. The standard InChI is InChI=1S/C12H9N2O2/c13-12(16)11-9-4-2-1-3-8(9)5-6-10(11)14-7-15/h1-6H,(H2,13,16)(H,14,15). The lowest BCUT2D eigenvalue weighted by Crippen LogP contribution is -2.14. The van der Waals surface area contributed by atoms with E-state index in [0.717, 1.165) is 10.8 Å². The fourth-order valence-corrected chi connectivity index (χ4v) is 1.70. The molecule has 0 aliphatic carbocycles. The number of hydrogen-bond donors (Lipinski definition) is 2. The number of carbonyl (C=O) groups excluding carboxylic acids is 2. The molecule has 16 heavy (non-hydrogen) atoms. The fourth-order valence-electron chi connectivity index (χ4n) is 1.70. The summed E-state index contributed by atoms with van der Waals surface area (Å²) in [5.74, 6) is -0.574. The maximum absolute atomic E-state index is 11.4. The second kappa shape index (κ2) is 4.02. The van der Waals surface area contributed by atoms with Crippen LogP contribution in [0, 0.1) is 0 Å². The van der Waals surface area contributed by atoms with E-state index in [-0.39, 0.29) is 0 Å². The van der Waals surface area contributed by atoms with Gasteiger partial charge in [-0.2, -0.15) is 0 Å². The molecule has 1 radical (unpaired) electrons. The number of rotatable bonds is 3. The van der Waals surface area contributed by atoms with Gasteiger partial charge in [0.2, 0.25) is 0 Å². The van der Waals surface area contributed by atoms with Gasteiger partial charge in [0.1, 0.15) is 0 Å². The summed E-state index contributed by atoms with van der Waals surface area (Å²) < 4.78 is 0. The molecule has 4 nitrogen and oxygen atoms in total. The number of benzene rings is 2. The summed E-state index contributed by atoms with van der Waals surface area (Å²) >= 11 is 0. The third-order valence-corrected chi connectivity index (χ3v) is 2.36. The maximum Gasteiger partial charge on any atom is 0.314 e. The van der Waals surface area contributed by atoms with E-state index in [4.69, 9.17) is 5.73 Å². The van der Waals surface area contributed by atoms with Crippen molar-refractivity contribution in [2.75, 3.05) is 5.32 Å². The smallest absolute Gasteiger partial charge is 0.314 e. The Bertz CT molecular complexity index is 564. The van der Waals surface area contributed by atoms with E-state index in [1.54, 1.807) is 18.2 Å². The molecule has 0 aliphatic rings. The fraction of sp³-hybridized carbons (Fsp3) is 0. The molecule has 4 heteroatoms. The minimum Gasteiger partial charge on any atom is -0.366 e. The Labute approximate surface area is 92.1 Å². The minimum absolute atomic E-state index is 0.307. The quantitative estimate of drug-likeness (QED) is 0.757. The van der Waals surface area contributed by atoms with Crippen LogP contribution < -0.4 is 11.1 Å². The molecule has 2 aromatic rings. The second-order valence-corrected chi connectivity index (χ2v) is 3.30. The summed E-state index contributed by atoms with van der Waals surface area (Å²) in [5.41, 5.74) is 5.99. The first-order chi connectivity index (χ1) is 7.74. The zero-order chi connectivity index (χ0) is 11.5. The summed E-state index contributed by atoms with van der Waals surface area (Å²) in [5, 5.41) is 3.96. The van der Waals surface area contributed by atoms with Crippen LogP contribution in [0.5, 0.6) is 0 Å². The summed E-state index contributed by atoms with van der Waals surface area (Å²) in [6.07, 6.45) is 1.54.